The molecule has 0 saturated heterocycles. The molecule has 0 aromatic heterocycles. The molecule has 0 fully saturated rings. The molecular formula is C17H16N4O5. The van der Waals surface area contributed by atoms with Crippen molar-refractivity contribution in [2.45, 2.75) is 6.92 Å². The smallest absolute Gasteiger partial charge is 0.329 e. The number of benzene rings is 2. The van der Waals surface area contributed by atoms with Crippen LogP contribution in [0.3, 0.4) is 0 Å². The van der Waals surface area contributed by atoms with Crippen molar-refractivity contribution in [1.29, 1.82) is 0 Å². The third-order valence-electron chi connectivity index (χ3n) is 3.38. The lowest BCUT2D eigenvalue weighted by Crippen LogP contribution is -2.32. The van der Waals surface area contributed by atoms with Crippen molar-refractivity contribution < 1.29 is 19.2 Å². The Bertz CT molecular complexity index is 844. The van der Waals surface area contributed by atoms with Crippen molar-refractivity contribution in [3.8, 4) is 5.75 Å². The van der Waals surface area contributed by atoms with Crippen LogP contribution in [0.5, 0.6) is 5.75 Å². The van der Waals surface area contributed by atoms with Crippen LogP contribution in [0, 0.1) is 10.1 Å². The van der Waals surface area contributed by atoms with Gasteiger partial charge in [-0.25, -0.2) is 5.43 Å². The summed E-state index contributed by atoms with van der Waals surface area (Å²) in [5, 5.41) is 16.9. The first-order valence-corrected chi connectivity index (χ1v) is 7.45. The summed E-state index contributed by atoms with van der Waals surface area (Å²) < 4.78 is 5.00. The number of nitrogens with one attached hydrogen (secondary N) is 2. The molecule has 0 aliphatic heterocycles. The van der Waals surface area contributed by atoms with Crippen molar-refractivity contribution in [2.24, 2.45) is 5.10 Å². The maximum absolute atomic E-state index is 11.8. The molecule has 9 nitrogen and oxygen atoms in total. The lowest BCUT2D eigenvalue weighted by Gasteiger charge is -2.06. The number of anilines is 1. The van der Waals surface area contributed by atoms with E-state index in [0.29, 0.717) is 22.7 Å². The fourth-order valence-corrected chi connectivity index (χ4v) is 1.94. The van der Waals surface area contributed by atoms with Crippen LogP contribution in [0.2, 0.25) is 0 Å². The Morgan fingerprint density at radius 1 is 1.04 bits per heavy atom. The molecule has 0 aliphatic rings. The molecule has 2 amide bonds. The molecule has 0 aliphatic carbocycles. The summed E-state index contributed by atoms with van der Waals surface area (Å²) in [5.74, 6) is -1.20. The number of hydrogen-bond donors (Lipinski definition) is 2. The van der Waals surface area contributed by atoms with E-state index in [2.05, 4.69) is 15.8 Å². The number of rotatable bonds is 5. The van der Waals surface area contributed by atoms with E-state index in [-0.39, 0.29) is 5.69 Å². The number of amides is 2. The zero-order valence-electron chi connectivity index (χ0n) is 14.1. The van der Waals surface area contributed by atoms with E-state index < -0.39 is 16.7 Å². The Kier molecular flexibility index (Phi) is 5.99. The van der Waals surface area contributed by atoms with Gasteiger partial charge in [-0.1, -0.05) is 0 Å². The highest BCUT2D eigenvalue weighted by molar-refractivity contribution is 6.39. The summed E-state index contributed by atoms with van der Waals surface area (Å²) in [4.78, 5) is 33.8. The minimum Gasteiger partial charge on any atom is -0.497 e. The maximum Gasteiger partial charge on any atom is 0.329 e. The Morgan fingerprint density at radius 2 is 1.65 bits per heavy atom. The van der Waals surface area contributed by atoms with Crippen LogP contribution in [-0.4, -0.2) is 29.6 Å². The first kappa shape index (κ1) is 18.6. The first-order valence-electron chi connectivity index (χ1n) is 7.45. The lowest BCUT2D eigenvalue weighted by molar-refractivity contribution is -0.384. The highest BCUT2D eigenvalue weighted by Gasteiger charge is 2.13. The molecular weight excluding hydrogens is 340 g/mol. The van der Waals surface area contributed by atoms with Crippen molar-refractivity contribution in [3.05, 3.63) is 64.2 Å². The minimum atomic E-state index is -0.943. The number of nitrogens with zero attached hydrogens (tertiary/aromatic N) is 2. The van der Waals surface area contributed by atoms with Gasteiger partial charge in [0.15, 0.2) is 0 Å². The highest BCUT2D eigenvalue weighted by atomic mass is 16.6. The minimum absolute atomic E-state index is 0.0514. The second-order valence-corrected chi connectivity index (χ2v) is 5.12. The van der Waals surface area contributed by atoms with Crippen LogP contribution >= 0.6 is 0 Å². The molecule has 134 valence electrons. The third-order valence-corrected chi connectivity index (χ3v) is 3.38. The number of non-ortho nitro benzene ring substituents is 1. The predicted octanol–water partition coefficient (Wildman–Crippen LogP) is 2.08. The van der Waals surface area contributed by atoms with Crippen molar-refractivity contribution in [1.82, 2.24) is 5.43 Å². The van der Waals surface area contributed by atoms with E-state index >= 15 is 0 Å². The average molecular weight is 356 g/mol. The van der Waals surface area contributed by atoms with Crippen LogP contribution in [0.15, 0.2) is 53.6 Å². The number of ether oxygens (including phenoxy) is 1. The van der Waals surface area contributed by atoms with Crippen LogP contribution in [0.1, 0.15) is 12.5 Å². The molecule has 0 spiro atoms. The number of hydrazone groups is 1. The Labute approximate surface area is 148 Å². The molecule has 2 aromatic rings. The van der Waals surface area contributed by atoms with Crippen molar-refractivity contribution in [2.75, 3.05) is 12.4 Å². The zero-order valence-corrected chi connectivity index (χ0v) is 14.1. The fraction of sp³-hybridized carbons (Fsp3) is 0.118. The molecule has 0 heterocycles. The fourth-order valence-electron chi connectivity index (χ4n) is 1.94. The molecule has 2 N–H and O–H groups in total. The quantitative estimate of drug-likeness (QED) is 0.367. The van der Waals surface area contributed by atoms with Gasteiger partial charge in [-0.3, -0.25) is 19.7 Å². The van der Waals surface area contributed by atoms with Gasteiger partial charge in [-0.2, -0.15) is 5.10 Å². The van der Waals surface area contributed by atoms with Gasteiger partial charge in [0.25, 0.3) is 5.69 Å². The molecule has 0 unspecified atom stereocenters. The second kappa shape index (κ2) is 8.38. The largest absolute Gasteiger partial charge is 0.497 e. The van der Waals surface area contributed by atoms with Gasteiger partial charge >= 0.3 is 11.8 Å². The molecule has 2 aromatic carbocycles. The number of carbonyl (C=O) groups is 2. The number of methoxy groups -OCH3 is 1. The topological polar surface area (TPSA) is 123 Å². The molecule has 0 saturated carbocycles. The SMILES string of the molecule is COc1ccc(NC(=O)C(=O)N/N=C(\C)c2ccc([N+](=O)[O-])cc2)cc1. The first-order chi connectivity index (χ1) is 12.4. The molecule has 0 atom stereocenters. The van der Waals surface area contributed by atoms with E-state index in [4.69, 9.17) is 4.74 Å². The van der Waals surface area contributed by atoms with Gasteiger partial charge < -0.3 is 10.1 Å². The molecule has 2 rings (SSSR count). The lowest BCUT2D eigenvalue weighted by atomic mass is 10.1. The summed E-state index contributed by atoms with van der Waals surface area (Å²) in [6.07, 6.45) is 0. The van der Waals surface area contributed by atoms with Crippen molar-refractivity contribution >= 4 is 28.9 Å². The van der Waals surface area contributed by atoms with Crippen LogP contribution in [-0.2, 0) is 9.59 Å². The maximum atomic E-state index is 11.8. The number of nitro groups is 1. The Hall–Kier alpha value is -3.75. The van der Waals surface area contributed by atoms with E-state index in [1.165, 1.54) is 31.4 Å². The van der Waals surface area contributed by atoms with Gasteiger partial charge in [-0.15, -0.1) is 0 Å². The van der Waals surface area contributed by atoms with Gasteiger partial charge in [0, 0.05) is 17.8 Å². The monoisotopic (exact) mass is 356 g/mol. The number of nitro benzene ring substituents is 1. The highest BCUT2D eigenvalue weighted by Crippen LogP contribution is 2.15. The molecule has 0 bridgehead atoms. The van der Waals surface area contributed by atoms with Crippen LogP contribution < -0.4 is 15.5 Å². The Balaban J connectivity index is 1.95. The molecule has 9 heteroatoms. The third kappa shape index (κ3) is 4.87. The molecule has 26 heavy (non-hydrogen) atoms. The summed E-state index contributed by atoms with van der Waals surface area (Å²) in [5.41, 5.74) is 3.49. The second-order valence-electron chi connectivity index (χ2n) is 5.12. The standard InChI is InChI=1S/C17H16N4O5/c1-11(12-3-7-14(8-4-12)21(24)25)19-20-17(23)16(22)18-13-5-9-15(26-2)10-6-13/h3-10H,1-2H3,(H,18,22)(H,20,23)/b19-11+. The summed E-state index contributed by atoms with van der Waals surface area (Å²) in [6, 6.07) is 12.1. The van der Waals surface area contributed by atoms with Gasteiger partial charge in [0.2, 0.25) is 0 Å². The normalized spacial score (nSPS) is 10.8. The summed E-state index contributed by atoms with van der Waals surface area (Å²) in [7, 11) is 1.52. The summed E-state index contributed by atoms with van der Waals surface area (Å²) >= 11 is 0. The predicted molar refractivity (Wildman–Crippen MR) is 95.1 cm³/mol. The number of hydrogen-bond acceptors (Lipinski definition) is 6. The van der Waals surface area contributed by atoms with Crippen molar-refractivity contribution in [3.63, 3.8) is 0 Å². The van der Waals surface area contributed by atoms with E-state index in [1.807, 2.05) is 0 Å². The van der Waals surface area contributed by atoms with Gasteiger partial charge in [0.1, 0.15) is 5.75 Å². The summed E-state index contributed by atoms with van der Waals surface area (Å²) in [6.45, 7) is 1.60. The van der Waals surface area contributed by atoms with Crippen LogP contribution in [0.4, 0.5) is 11.4 Å². The van der Waals surface area contributed by atoms with Gasteiger partial charge in [-0.05, 0) is 48.9 Å². The van der Waals surface area contributed by atoms with Gasteiger partial charge in [0.05, 0.1) is 17.7 Å². The van der Waals surface area contributed by atoms with E-state index in [9.17, 15) is 19.7 Å². The van der Waals surface area contributed by atoms with E-state index in [0.717, 1.165) is 0 Å². The van der Waals surface area contributed by atoms with E-state index in [1.54, 1.807) is 31.2 Å². The molecule has 0 radical (unpaired) electrons. The average Bonchev–Trinajstić information content (AvgIpc) is 2.66. The Morgan fingerprint density at radius 3 is 2.19 bits per heavy atom. The number of carbonyl (C=O) groups excluding carboxylic acids is 2. The van der Waals surface area contributed by atoms with Crippen LogP contribution in [0.25, 0.3) is 0 Å². The zero-order chi connectivity index (χ0) is 19.1.